The number of carbonyl (C=O) groups excluding carboxylic acids is 3. The van der Waals surface area contributed by atoms with Crippen molar-refractivity contribution in [1.29, 1.82) is 0 Å². The van der Waals surface area contributed by atoms with Crippen LogP contribution < -0.4 is 10.6 Å². The maximum atomic E-state index is 12.6. The van der Waals surface area contributed by atoms with Crippen LogP contribution in [-0.2, 0) is 14.3 Å². The van der Waals surface area contributed by atoms with Gasteiger partial charge in [-0.05, 0) is 106 Å². The van der Waals surface area contributed by atoms with Crippen LogP contribution in [0.3, 0.4) is 0 Å². The van der Waals surface area contributed by atoms with Gasteiger partial charge in [0, 0.05) is 30.3 Å². The standard InChI is InChI=1S/C36H56N2O5S/c1-35-18-16-26(20-23(35)12-13-27-28-14-15-32(41)36(28,2)19-17-29(27)35)43-21-25(40)10-5-3-4-8-24(39)9-6-7-11-31-33-30(22-44-31)37-34(42)38-33/h20,26-33,41H,3-19,21-22H2,1-2H3,(H2,37,38,42)/t26-,27?,28?,29?,30?,31?,32?,33?,35?,36?/m0/s1. The minimum Gasteiger partial charge on any atom is -0.393 e. The minimum absolute atomic E-state index is 0.0415. The first-order chi connectivity index (χ1) is 21.2. The van der Waals surface area contributed by atoms with E-state index < -0.39 is 0 Å². The fourth-order valence-electron chi connectivity index (χ4n) is 10.3. The van der Waals surface area contributed by atoms with E-state index in [2.05, 4.69) is 30.6 Å². The highest BCUT2D eigenvalue weighted by molar-refractivity contribution is 8.00. The van der Waals surface area contributed by atoms with Gasteiger partial charge in [0.1, 0.15) is 12.4 Å². The number of urea groups is 1. The summed E-state index contributed by atoms with van der Waals surface area (Å²) in [6.07, 6.45) is 18.8. The lowest BCUT2D eigenvalue weighted by Gasteiger charge is -2.58. The quantitative estimate of drug-likeness (QED) is 0.115. The smallest absolute Gasteiger partial charge is 0.315 e. The van der Waals surface area contributed by atoms with Gasteiger partial charge in [-0.25, -0.2) is 4.79 Å². The number of rotatable bonds is 14. The number of carbonyl (C=O) groups is 3. The highest BCUT2D eigenvalue weighted by Crippen LogP contribution is 2.65. The molecule has 2 saturated heterocycles. The van der Waals surface area contributed by atoms with Gasteiger partial charge in [-0.1, -0.05) is 38.3 Å². The number of ether oxygens (including phenoxy) is 1. The second-order valence-electron chi connectivity index (χ2n) is 15.6. The second-order valence-corrected chi connectivity index (χ2v) is 16.8. The summed E-state index contributed by atoms with van der Waals surface area (Å²) < 4.78 is 6.15. The first kappa shape index (κ1) is 32.6. The molecule has 3 N–H and O–H groups in total. The van der Waals surface area contributed by atoms with Crippen LogP contribution in [0.25, 0.3) is 0 Å². The van der Waals surface area contributed by atoms with Crippen molar-refractivity contribution in [2.45, 2.75) is 153 Å². The molecule has 2 amide bonds. The van der Waals surface area contributed by atoms with Gasteiger partial charge in [0.05, 0.1) is 24.3 Å². The van der Waals surface area contributed by atoms with Crippen LogP contribution in [0.4, 0.5) is 4.79 Å². The zero-order chi connectivity index (χ0) is 30.9. The third-order valence-electron chi connectivity index (χ3n) is 13.0. The molecule has 0 spiro atoms. The highest BCUT2D eigenvalue weighted by Gasteiger charge is 2.58. The Morgan fingerprint density at radius 1 is 0.932 bits per heavy atom. The number of amides is 2. The number of Topliss-reactive ketones (excluding diaryl/α,β-unsaturated/α-hetero) is 2. The average molecular weight is 629 g/mol. The minimum atomic E-state index is -0.116. The fourth-order valence-corrected chi connectivity index (χ4v) is 11.9. The predicted octanol–water partition coefficient (Wildman–Crippen LogP) is 6.51. The van der Waals surface area contributed by atoms with E-state index in [1.807, 2.05) is 11.8 Å². The third kappa shape index (κ3) is 6.69. The number of hydrogen-bond acceptors (Lipinski definition) is 6. The van der Waals surface area contributed by atoms with Gasteiger partial charge in [0.15, 0.2) is 5.78 Å². The molecule has 0 aromatic heterocycles. The molecule has 6 aliphatic rings. The molecule has 246 valence electrons. The maximum Gasteiger partial charge on any atom is 0.315 e. The first-order valence-electron chi connectivity index (χ1n) is 17.9. The Morgan fingerprint density at radius 2 is 1.70 bits per heavy atom. The van der Waals surface area contributed by atoms with E-state index in [0.717, 1.165) is 88.2 Å². The molecule has 6 rings (SSSR count). The monoisotopic (exact) mass is 628 g/mol. The van der Waals surface area contributed by atoms with Crippen molar-refractivity contribution < 1.29 is 24.2 Å². The molecule has 2 aliphatic heterocycles. The number of ketones is 2. The number of aliphatic hydroxyl groups excluding tert-OH is 1. The number of hydrogen-bond donors (Lipinski definition) is 3. The molecule has 9 unspecified atom stereocenters. The lowest BCUT2D eigenvalue weighted by molar-refractivity contribution is -0.125. The van der Waals surface area contributed by atoms with Crippen LogP contribution >= 0.6 is 11.8 Å². The number of nitrogens with one attached hydrogen (secondary N) is 2. The van der Waals surface area contributed by atoms with Gasteiger partial charge in [-0.2, -0.15) is 11.8 Å². The van der Waals surface area contributed by atoms with E-state index in [1.165, 1.54) is 19.3 Å². The normalized spacial score (nSPS) is 40.7. The molecule has 8 heteroatoms. The van der Waals surface area contributed by atoms with Crippen molar-refractivity contribution >= 4 is 29.4 Å². The Kier molecular flexibility index (Phi) is 10.2. The highest BCUT2D eigenvalue weighted by atomic mass is 32.2. The van der Waals surface area contributed by atoms with Crippen molar-refractivity contribution in [2.24, 2.45) is 28.6 Å². The molecular formula is C36H56N2O5S. The Labute approximate surface area is 268 Å². The maximum absolute atomic E-state index is 12.6. The molecule has 10 atom stereocenters. The lowest BCUT2D eigenvalue weighted by Crippen LogP contribution is -2.51. The number of thioether (sulfide) groups is 1. The van der Waals surface area contributed by atoms with E-state index in [9.17, 15) is 19.5 Å². The Balaban J connectivity index is 0.830. The molecule has 2 heterocycles. The van der Waals surface area contributed by atoms with Gasteiger partial charge in [0.2, 0.25) is 0 Å². The molecule has 0 aromatic carbocycles. The van der Waals surface area contributed by atoms with Crippen LogP contribution in [0.2, 0.25) is 0 Å². The van der Waals surface area contributed by atoms with Crippen LogP contribution in [-0.4, -0.2) is 64.6 Å². The molecule has 0 radical (unpaired) electrons. The Hall–Kier alpha value is -1.38. The van der Waals surface area contributed by atoms with E-state index in [0.29, 0.717) is 36.2 Å². The van der Waals surface area contributed by atoms with E-state index in [-0.39, 0.29) is 53.5 Å². The molecule has 7 nitrogen and oxygen atoms in total. The van der Waals surface area contributed by atoms with E-state index in [4.69, 9.17) is 4.74 Å². The Bertz CT molecular complexity index is 1110. The van der Waals surface area contributed by atoms with Gasteiger partial charge in [-0.3, -0.25) is 9.59 Å². The summed E-state index contributed by atoms with van der Waals surface area (Å²) in [5.41, 5.74) is 1.95. The van der Waals surface area contributed by atoms with Crippen molar-refractivity contribution in [3.63, 3.8) is 0 Å². The van der Waals surface area contributed by atoms with Gasteiger partial charge in [0.25, 0.3) is 0 Å². The van der Waals surface area contributed by atoms with E-state index in [1.54, 1.807) is 5.57 Å². The van der Waals surface area contributed by atoms with Crippen molar-refractivity contribution in [1.82, 2.24) is 10.6 Å². The topological polar surface area (TPSA) is 105 Å². The zero-order valence-electron chi connectivity index (χ0n) is 27.1. The number of fused-ring (bicyclic) bond motifs is 6. The summed E-state index contributed by atoms with van der Waals surface area (Å²) >= 11 is 1.93. The molecule has 0 aromatic rings. The summed E-state index contributed by atoms with van der Waals surface area (Å²) in [5, 5.41) is 17.2. The van der Waals surface area contributed by atoms with E-state index >= 15 is 0 Å². The summed E-state index contributed by atoms with van der Waals surface area (Å²) in [6, 6.07) is 0.468. The molecule has 0 bridgehead atoms. The van der Waals surface area contributed by atoms with Crippen molar-refractivity contribution in [2.75, 3.05) is 12.4 Å². The lowest BCUT2D eigenvalue weighted by atomic mass is 9.47. The first-order valence-corrected chi connectivity index (χ1v) is 18.9. The van der Waals surface area contributed by atoms with Crippen molar-refractivity contribution in [3.05, 3.63) is 11.6 Å². The van der Waals surface area contributed by atoms with Crippen LogP contribution in [0.1, 0.15) is 123 Å². The summed E-state index contributed by atoms with van der Waals surface area (Å²) in [7, 11) is 0. The van der Waals surface area contributed by atoms with Crippen molar-refractivity contribution in [3.8, 4) is 0 Å². The third-order valence-corrected chi connectivity index (χ3v) is 14.5. The SMILES string of the molecule is CC12CC[C@H](OCC(=O)CCCCCC(=O)CCCCC3SCC4NC(=O)NC43)C=C1CCC1C2CCC2(C)C(O)CCC12. The van der Waals surface area contributed by atoms with Crippen LogP contribution in [0.15, 0.2) is 11.6 Å². The summed E-state index contributed by atoms with van der Waals surface area (Å²) in [5.74, 6) is 3.64. The predicted molar refractivity (Wildman–Crippen MR) is 175 cm³/mol. The van der Waals surface area contributed by atoms with Gasteiger partial charge >= 0.3 is 6.03 Å². The molecule has 5 fully saturated rings. The number of unbranched alkanes of at least 4 members (excludes halogenated alkanes) is 3. The average Bonchev–Trinajstić information content (AvgIpc) is 3.65. The summed E-state index contributed by atoms with van der Waals surface area (Å²) in [6.45, 7) is 5.05. The van der Waals surface area contributed by atoms with Gasteiger partial charge < -0.3 is 20.5 Å². The molecule has 44 heavy (non-hydrogen) atoms. The second kappa shape index (κ2) is 13.8. The fraction of sp³-hybridized carbons (Fsp3) is 0.861. The summed E-state index contributed by atoms with van der Waals surface area (Å²) in [4.78, 5) is 36.4. The largest absolute Gasteiger partial charge is 0.393 e. The number of aliphatic hydroxyl groups is 1. The molecule has 4 aliphatic carbocycles. The van der Waals surface area contributed by atoms with Crippen LogP contribution in [0, 0.1) is 28.6 Å². The number of allylic oxidation sites excluding steroid dienone is 1. The molecule has 3 saturated carbocycles. The van der Waals surface area contributed by atoms with Crippen LogP contribution in [0.5, 0.6) is 0 Å². The zero-order valence-corrected chi connectivity index (χ0v) is 27.9. The molecular weight excluding hydrogens is 572 g/mol. The Morgan fingerprint density at radius 3 is 2.52 bits per heavy atom. The van der Waals surface area contributed by atoms with Gasteiger partial charge in [-0.15, -0.1) is 0 Å².